The number of ketones is 1. The number of ether oxygens (including phenoxy) is 1. The van der Waals surface area contributed by atoms with Crippen molar-refractivity contribution in [3.05, 3.63) is 23.5 Å². The number of H-pyrrole nitrogens is 1. The lowest BCUT2D eigenvalue weighted by Gasteiger charge is -2.17. The number of carbonyl (C=O) groups is 2. The topological polar surface area (TPSA) is 62.4 Å². The molecule has 0 bridgehead atoms. The number of rotatable bonds is 4. The zero-order chi connectivity index (χ0) is 13.0. The first-order chi connectivity index (χ1) is 7.90. The number of Topliss-reactive ketones (excluding diaryl/α,β-unsaturated/α-hetero) is 1. The summed E-state index contributed by atoms with van der Waals surface area (Å²) in [4.78, 5) is 26.9. The van der Waals surface area contributed by atoms with Gasteiger partial charge >= 0.3 is 6.09 Å². The molecule has 1 N–H and O–H groups in total. The number of carbonyl (C=O) groups excluding carboxylic acids is 2. The standard InChI is InChI=1S/C12H18N2O3/c1-8(2)17-12(16)14(4)7-10-5-11(9(3)15)13-6-10/h5-6,8,13H,7H2,1-4H3. The van der Waals surface area contributed by atoms with Crippen LogP contribution in [0.1, 0.15) is 36.8 Å². The van der Waals surface area contributed by atoms with E-state index in [1.54, 1.807) is 33.2 Å². The first kappa shape index (κ1) is 13.3. The fraction of sp³-hybridized carbons (Fsp3) is 0.500. The number of amides is 1. The third-order valence-corrected chi connectivity index (χ3v) is 2.19. The van der Waals surface area contributed by atoms with Gasteiger partial charge < -0.3 is 14.6 Å². The van der Waals surface area contributed by atoms with Crippen LogP contribution >= 0.6 is 0 Å². The third kappa shape index (κ3) is 3.94. The molecule has 0 aromatic carbocycles. The normalized spacial score (nSPS) is 10.4. The van der Waals surface area contributed by atoms with Crippen molar-refractivity contribution in [3.63, 3.8) is 0 Å². The Bertz CT molecular complexity index is 410. The van der Waals surface area contributed by atoms with E-state index < -0.39 is 0 Å². The minimum absolute atomic E-state index is 0.0244. The van der Waals surface area contributed by atoms with Crippen molar-refractivity contribution in [3.8, 4) is 0 Å². The van der Waals surface area contributed by atoms with Crippen molar-refractivity contribution >= 4 is 11.9 Å². The van der Waals surface area contributed by atoms with Gasteiger partial charge in [-0.05, 0) is 25.5 Å². The lowest BCUT2D eigenvalue weighted by Crippen LogP contribution is -2.28. The lowest BCUT2D eigenvalue weighted by atomic mass is 10.2. The van der Waals surface area contributed by atoms with Crippen molar-refractivity contribution in [1.29, 1.82) is 0 Å². The minimum atomic E-state index is -0.370. The second kappa shape index (κ2) is 5.52. The fourth-order valence-electron chi connectivity index (χ4n) is 1.36. The highest BCUT2D eigenvalue weighted by molar-refractivity contribution is 5.92. The maximum Gasteiger partial charge on any atom is 0.410 e. The van der Waals surface area contributed by atoms with Crippen molar-refractivity contribution in [2.24, 2.45) is 0 Å². The van der Waals surface area contributed by atoms with E-state index >= 15 is 0 Å². The van der Waals surface area contributed by atoms with Gasteiger partial charge in [-0.3, -0.25) is 4.79 Å². The van der Waals surface area contributed by atoms with Gasteiger partial charge in [0.2, 0.25) is 0 Å². The zero-order valence-corrected chi connectivity index (χ0v) is 10.6. The molecule has 94 valence electrons. The molecule has 0 atom stereocenters. The molecule has 5 nitrogen and oxygen atoms in total. The van der Waals surface area contributed by atoms with Crippen LogP contribution in [0, 0.1) is 0 Å². The van der Waals surface area contributed by atoms with Gasteiger partial charge in [0.1, 0.15) is 0 Å². The Labute approximate surface area is 101 Å². The summed E-state index contributed by atoms with van der Waals surface area (Å²) < 4.78 is 5.05. The van der Waals surface area contributed by atoms with E-state index in [1.165, 1.54) is 11.8 Å². The second-order valence-corrected chi connectivity index (χ2v) is 4.27. The first-order valence-corrected chi connectivity index (χ1v) is 5.50. The number of hydrogen-bond acceptors (Lipinski definition) is 3. The molecule has 0 aliphatic rings. The highest BCUT2D eigenvalue weighted by Gasteiger charge is 2.13. The first-order valence-electron chi connectivity index (χ1n) is 5.50. The number of hydrogen-bond donors (Lipinski definition) is 1. The summed E-state index contributed by atoms with van der Waals surface area (Å²) in [6.45, 7) is 5.51. The Morgan fingerprint density at radius 3 is 2.59 bits per heavy atom. The minimum Gasteiger partial charge on any atom is -0.447 e. The van der Waals surface area contributed by atoms with E-state index in [9.17, 15) is 9.59 Å². The second-order valence-electron chi connectivity index (χ2n) is 4.27. The highest BCUT2D eigenvalue weighted by atomic mass is 16.6. The monoisotopic (exact) mass is 238 g/mol. The third-order valence-electron chi connectivity index (χ3n) is 2.19. The molecular formula is C12H18N2O3. The van der Waals surface area contributed by atoms with Crippen LogP contribution in [0.25, 0.3) is 0 Å². The molecule has 5 heteroatoms. The average molecular weight is 238 g/mol. The van der Waals surface area contributed by atoms with Crippen molar-refractivity contribution in [2.45, 2.75) is 33.4 Å². The summed E-state index contributed by atoms with van der Waals surface area (Å²) in [6.07, 6.45) is 1.21. The van der Waals surface area contributed by atoms with Crippen LogP contribution in [-0.2, 0) is 11.3 Å². The summed E-state index contributed by atoms with van der Waals surface area (Å²) in [6, 6.07) is 1.74. The number of aromatic nitrogens is 1. The van der Waals surface area contributed by atoms with Crippen LogP contribution in [-0.4, -0.2) is 34.9 Å². The maximum atomic E-state index is 11.5. The predicted molar refractivity (Wildman–Crippen MR) is 63.9 cm³/mol. The Kier molecular flexibility index (Phi) is 4.31. The summed E-state index contributed by atoms with van der Waals surface area (Å²) in [7, 11) is 1.66. The van der Waals surface area contributed by atoms with Gasteiger partial charge in [-0.1, -0.05) is 0 Å². The molecule has 0 unspecified atom stereocenters. The van der Waals surface area contributed by atoms with Gasteiger partial charge in [-0.25, -0.2) is 4.79 Å². The molecule has 0 saturated heterocycles. The number of nitrogens with zero attached hydrogens (tertiary/aromatic N) is 1. The van der Waals surface area contributed by atoms with E-state index in [1.807, 2.05) is 0 Å². The molecular weight excluding hydrogens is 220 g/mol. The summed E-state index contributed by atoms with van der Waals surface area (Å²) in [5, 5.41) is 0. The van der Waals surface area contributed by atoms with E-state index in [-0.39, 0.29) is 18.0 Å². The quantitative estimate of drug-likeness (QED) is 0.818. The Morgan fingerprint density at radius 1 is 1.47 bits per heavy atom. The maximum absolute atomic E-state index is 11.5. The van der Waals surface area contributed by atoms with Crippen LogP contribution in [0.2, 0.25) is 0 Å². The molecule has 1 rings (SSSR count). The van der Waals surface area contributed by atoms with Crippen LogP contribution in [0.5, 0.6) is 0 Å². The van der Waals surface area contributed by atoms with Crippen molar-refractivity contribution in [1.82, 2.24) is 9.88 Å². The van der Waals surface area contributed by atoms with Gasteiger partial charge in [0.15, 0.2) is 5.78 Å². The molecule has 0 aliphatic carbocycles. The van der Waals surface area contributed by atoms with Gasteiger partial charge in [0.25, 0.3) is 0 Å². The van der Waals surface area contributed by atoms with Gasteiger partial charge in [-0.2, -0.15) is 0 Å². The number of nitrogens with one attached hydrogen (secondary N) is 1. The van der Waals surface area contributed by atoms with Crippen LogP contribution in [0.3, 0.4) is 0 Å². The smallest absolute Gasteiger partial charge is 0.410 e. The Balaban J connectivity index is 2.58. The summed E-state index contributed by atoms with van der Waals surface area (Å²) in [5.74, 6) is -0.0244. The fourth-order valence-corrected chi connectivity index (χ4v) is 1.36. The van der Waals surface area contributed by atoms with Crippen LogP contribution in [0.15, 0.2) is 12.3 Å². The molecule has 1 aromatic heterocycles. The molecule has 0 fully saturated rings. The van der Waals surface area contributed by atoms with E-state index in [2.05, 4.69) is 4.98 Å². The molecule has 1 amide bonds. The zero-order valence-electron chi connectivity index (χ0n) is 10.6. The van der Waals surface area contributed by atoms with E-state index in [0.29, 0.717) is 12.2 Å². The van der Waals surface area contributed by atoms with Crippen LogP contribution in [0.4, 0.5) is 4.79 Å². The van der Waals surface area contributed by atoms with E-state index in [4.69, 9.17) is 4.74 Å². The molecule has 0 radical (unpaired) electrons. The van der Waals surface area contributed by atoms with Gasteiger partial charge in [0.05, 0.1) is 18.3 Å². The molecule has 17 heavy (non-hydrogen) atoms. The predicted octanol–water partition coefficient (Wildman–Crippen LogP) is 2.19. The van der Waals surface area contributed by atoms with Crippen LogP contribution < -0.4 is 0 Å². The van der Waals surface area contributed by atoms with Gasteiger partial charge in [-0.15, -0.1) is 0 Å². The van der Waals surface area contributed by atoms with Crippen molar-refractivity contribution < 1.29 is 14.3 Å². The SMILES string of the molecule is CC(=O)c1cc(CN(C)C(=O)OC(C)C)c[nH]1. The molecule has 0 saturated carbocycles. The van der Waals surface area contributed by atoms with E-state index in [0.717, 1.165) is 5.56 Å². The molecule has 0 aliphatic heterocycles. The summed E-state index contributed by atoms with van der Waals surface area (Å²) >= 11 is 0. The average Bonchev–Trinajstić information content (AvgIpc) is 2.65. The van der Waals surface area contributed by atoms with Crippen molar-refractivity contribution in [2.75, 3.05) is 7.05 Å². The largest absolute Gasteiger partial charge is 0.447 e. The van der Waals surface area contributed by atoms with Gasteiger partial charge in [0, 0.05) is 20.2 Å². The number of aromatic amines is 1. The molecule has 1 heterocycles. The Morgan fingerprint density at radius 2 is 2.12 bits per heavy atom. The molecule has 0 spiro atoms. The summed E-state index contributed by atoms with van der Waals surface area (Å²) in [5.41, 5.74) is 1.42. The molecule has 1 aromatic rings. The highest BCUT2D eigenvalue weighted by Crippen LogP contribution is 2.08. The lowest BCUT2D eigenvalue weighted by molar-refractivity contribution is 0.0822. The Hall–Kier alpha value is -1.78.